The first-order valence-electron chi connectivity index (χ1n) is 7.39. The summed E-state index contributed by atoms with van der Waals surface area (Å²) in [5.74, 6) is 1.12. The molecule has 6 nitrogen and oxygen atoms in total. The third-order valence-corrected chi connectivity index (χ3v) is 4.50. The summed E-state index contributed by atoms with van der Waals surface area (Å²) in [5, 5.41) is 9.00. The molecule has 1 fully saturated rings. The average molecular weight is 361 g/mol. The lowest BCUT2D eigenvalue weighted by Crippen LogP contribution is -2.24. The number of hydrogen-bond acceptors (Lipinski definition) is 4. The van der Waals surface area contributed by atoms with E-state index < -0.39 is 0 Å². The van der Waals surface area contributed by atoms with Crippen molar-refractivity contribution in [3.8, 4) is 0 Å². The molecule has 1 aliphatic rings. The van der Waals surface area contributed by atoms with Gasteiger partial charge in [0.2, 0.25) is 0 Å². The smallest absolute Gasteiger partial charge is 0.157 e. The molecule has 0 saturated carbocycles. The van der Waals surface area contributed by atoms with Gasteiger partial charge in [0, 0.05) is 37.1 Å². The Kier molecular flexibility index (Phi) is 3.18. The number of aromatic nitrogens is 5. The standard InChI is InChI=1S/C15H17BrN6/c1-10-6-15(22-14(18-10)5-11(2)19-22)20-4-3-13(9-20)21-8-12(16)7-17-21/h5-8,13H,3-4,9H2,1-2H3. The van der Waals surface area contributed by atoms with E-state index in [-0.39, 0.29) is 0 Å². The largest absolute Gasteiger partial charge is 0.354 e. The second kappa shape index (κ2) is 5.08. The first kappa shape index (κ1) is 13.8. The summed E-state index contributed by atoms with van der Waals surface area (Å²) >= 11 is 3.46. The SMILES string of the molecule is Cc1cc(N2CCC(n3cc(Br)cn3)C2)n2nc(C)cc2n1. The Bertz CT molecular complexity index is 836. The summed E-state index contributed by atoms with van der Waals surface area (Å²) in [6.45, 7) is 5.97. The number of hydrogen-bond donors (Lipinski definition) is 0. The van der Waals surface area contributed by atoms with Crippen LogP contribution in [0.25, 0.3) is 5.65 Å². The Balaban J connectivity index is 1.68. The Hall–Kier alpha value is -1.89. The van der Waals surface area contributed by atoms with Crippen LogP contribution >= 0.6 is 15.9 Å². The summed E-state index contributed by atoms with van der Waals surface area (Å²) in [6, 6.07) is 4.53. The van der Waals surface area contributed by atoms with Crippen molar-refractivity contribution in [2.24, 2.45) is 0 Å². The van der Waals surface area contributed by atoms with Crippen LogP contribution in [0.4, 0.5) is 5.82 Å². The van der Waals surface area contributed by atoms with Crippen LogP contribution in [0.5, 0.6) is 0 Å². The fourth-order valence-electron chi connectivity index (χ4n) is 3.10. The molecule has 4 rings (SSSR count). The number of nitrogens with zero attached hydrogens (tertiary/aromatic N) is 6. The fraction of sp³-hybridized carbons (Fsp3) is 0.400. The van der Waals surface area contributed by atoms with Crippen molar-refractivity contribution in [1.29, 1.82) is 0 Å². The van der Waals surface area contributed by atoms with Gasteiger partial charge in [0.25, 0.3) is 0 Å². The van der Waals surface area contributed by atoms with Gasteiger partial charge in [0.1, 0.15) is 5.82 Å². The van der Waals surface area contributed by atoms with Crippen LogP contribution in [0.3, 0.4) is 0 Å². The van der Waals surface area contributed by atoms with E-state index in [4.69, 9.17) is 0 Å². The molecule has 1 aliphatic heterocycles. The van der Waals surface area contributed by atoms with E-state index in [0.29, 0.717) is 6.04 Å². The number of halogens is 1. The summed E-state index contributed by atoms with van der Waals surface area (Å²) < 4.78 is 5.02. The molecule has 7 heteroatoms. The van der Waals surface area contributed by atoms with Gasteiger partial charge in [0.05, 0.1) is 22.4 Å². The minimum Gasteiger partial charge on any atom is -0.354 e. The van der Waals surface area contributed by atoms with E-state index in [2.05, 4.69) is 42.1 Å². The molecule has 0 N–H and O–H groups in total. The van der Waals surface area contributed by atoms with E-state index >= 15 is 0 Å². The van der Waals surface area contributed by atoms with Gasteiger partial charge in [0.15, 0.2) is 5.65 Å². The molecule has 1 atom stereocenters. The third kappa shape index (κ3) is 2.29. The van der Waals surface area contributed by atoms with Gasteiger partial charge >= 0.3 is 0 Å². The number of aryl methyl sites for hydroxylation is 2. The van der Waals surface area contributed by atoms with E-state index in [1.54, 1.807) is 0 Å². The maximum absolute atomic E-state index is 4.58. The second-order valence-electron chi connectivity index (χ2n) is 5.84. The number of anilines is 1. The topological polar surface area (TPSA) is 51.2 Å². The highest BCUT2D eigenvalue weighted by Gasteiger charge is 2.26. The summed E-state index contributed by atoms with van der Waals surface area (Å²) in [5.41, 5.74) is 2.93. The molecule has 0 amide bonds. The molecule has 0 spiro atoms. The van der Waals surface area contributed by atoms with Crippen LogP contribution in [0, 0.1) is 13.8 Å². The lowest BCUT2D eigenvalue weighted by Gasteiger charge is -2.20. The fourth-order valence-corrected chi connectivity index (χ4v) is 3.40. The lowest BCUT2D eigenvalue weighted by atomic mass is 10.3. The van der Waals surface area contributed by atoms with Crippen LogP contribution in [0.1, 0.15) is 23.9 Å². The molecule has 114 valence electrons. The maximum atomic E-state index is 4.58. The highest BCUT2D eigenvalue weighted by atomic mass is 79.9. The highest BCUT2D eigenvalue weighted by Crippen LogP contribution is 2.28. The van der Waals surface area contributed by atoms with E-state index in [0.717, 1.165) is 46.8 Å². The van der Waals surface area contributed by atoms with E-state index in [9.17, 15) is 0 Å². The molecular formula is C15H17BrN6. The quantitative estimate of drug-likeness (QED) is 0.704. The van der Waals surface area contributed by atoms with Crippen molar-refractivity contribution in [2.75, 3.05) is 18.0 Å². The first-order chi connectivity index (χ1) is 10.6. The zero-order chi connectivity index (χ0) is 15.3. The maximum Gasteiger partial charge on any atom is 0.157 e. The molecule has 4 heterocycles. The molecular weight excluding hydrogens is 344 g/mol. The van der Waals surface area contributed by atoms with Crippen molar-refractivity contribution < 1.29 is 0 Å². The molecule has 1 saturated heterocycles. The van der Waals surface area contributed by atoms with Gasteiger partial charge in [-0.05, 0) is 36.2 Å². The van der Waals surface area contributed by atoms with Gasteiger partial charge < -0.3 is 4.90 Å². The molecule has 3 aromatic rings. The van der Waals surface area contributed by atoms with Crippen molar-refractivity contribution in [3.63, 3.8) is 0 Å². The zero-order valence-corrected chi connectivity index (χ0v) is 14.2. The van der Waals surface area contributed by atoms with E-state index in [1.165, 1.54) is 0 Å². The van der Waals surface area contributed by atoms with Crippen LogP contribution in [0.2, 0.25) is 0 Å². The van der Waals surface area contributed by atoms with Crippen molar-refractivity contribution in [3.05, 3.63) is 40.4 Å². The Morgan fingerprint density at radius 2 is 2.09 bits per heavy atom. The summed E-state index contributed by atoms with van der Waals surface area (Å²) in [6.07, 6.45) is 4.96. The van der Waals surface area contributed by atoms with Crippen LogP contribution in [0.15, 0.2) is 29.0 Å². The van der Waals surface area contributed by atoms with Gasteiger partial charge in [-0.25, -0.2) is 4.98 Å². The summed E-state index contributed by atoms with van der Waals surface area (Å²) in [4.78, 5) is 6.93. The number of rotatable bonds is 2. The Morgan fingerprint density at radius 3 is 2.86 bits per heavy atom. The molecule has 0 bridgehead atoms. The summed E-state index contributed by atoms with van der Waals surface area (Å²) in [7, 11) is 0. The second-order valence-corrected chi connectivity index (χ2v) is 6.75. The molecule has 0 radical (unpaired) electrons. The van der Waals surface area contributed by atoms with E-state index in [1.807, 2.05) is 41.5 Å². The van der Waals surface area contributed by atoms with Crippen molar-refractivity contribution in [1.82, 2.24) is 24.4 Å². The Morgan fingerprint density at radius 1 is 1.23 bits per heavy atom. The molecule has 1 unspecified atom stereocenters. The molecule has 22 heavy (non-hydrogen) atoms. The predicted octanol–water partition coefficient (Wildman–Crippen LogP) is 2.76. The monoisotopic (exact) mass is 360 g/mol. The normalized spacial score (nSPS) is 18.5. The van der Waals surface area contributed by atoms with Crippen LogP contribution in [-0.2, 0) is 0 Å². The van der Waals surface area contributed by atoms with Crippen LogP contribution in [-0.4, -0.2) is 37.5 Å². The number of fused-ring (bicyclic) bond motifs is 1. The van der Waals surface area contributed by atoms with Crippen LogP contribution < -0.4 is 4.90 Å². The molecule has 0 aliphatic carbocycles. The predicted molar refractivity (Wildman–Crippen MR) is 88.3 cm³/mol. The third-order valence-electron chi connectivity index (χ3n) is 4.09. The van der Waals surface area contributed by atoms with Crippen molar-refractivity contribution in [2.45, 2.75) is 26.3 Å². The first-order valence-corrected chi connectivity index (χ1v) is 8.18. The Labute approximate surface area is 136 Å². The van der Waals surface area contributed by atoms with Crippen molar-refractivity contribution >= 4 is 27.4 Å². The average Bonchev–Trinajstić information content (AvgIpc) is 3.15. The van der Waals surface area contributed by atoms with Gasteiger partial charge in [-0.1, -0.05) is 0 Å². The minimum absolute atomic E-state index is 0.395. The van der Waals surface area contributed by atoms with Gasteiger partial charge in [-0.2, -0.15) is 14.7 Å². The molecule has 0 aromatic carbocycles. The minimum atomic E-state index is 0.395. The highest BCUT2D eigenvalue weighted by molar-refractivity contribution is 9.10. The van der Waals surface area contributed by atoms with Gasteiger partial charge in [-0.15, -0.1) is 0 Å². The van der Waals surface area contributed by atoms with Gasteiger partial charge in [-0.3, -0.25) is 4.68 Å². The lowest BCUT2D eigenvalue weighted by molar-refractivity contribution is 0.494. The molecule has 3 aromatic heterocycles. The zero-order valence-electron chi connectivity index (χ0n) is 12.6.